The summed E-state index contributed by atoms with van der Waals surface area (Å²) in [7, 11) is 0. The standard InChI is InChI=1S/C50H74N8O10/c1-49(2,3)41(55-43(61)35(51)27-59)47(65)57-25-31(23-39(57)45(63)53-37-19-11-15-29-13-7-9-17-33(29)37)67-21-22-68-32-24-40(46(64)54-38-20-12-16-30-14-8-10-18-34(30)38)58(26-32)48(66)42(50(4,5)6)56-44(62)36(52)28-60/h7-10,13-14,17-18,31-32,35-42,59-60H,11-12,15-16,19-28,51-52H2,1-6H3,(H,53,63)(H,54,64)(H,55,61)(H,56,62)/t31-,32-,35-,36-,37+,38+,39-,40-,41+,42+/m0/s1. The summed E-state index contributed by atoms with van der Waals surface area (Å²) >= 11 is 0. The Morgan fingerprint density at radius 1 is 0.632 bits per heavy atom. The van der Waals surface area contributed by atoms with Crippen molar-refractivity contribution in [2.24, 2.45) is 22.3 Å². The fourth-order valence-electron chi connectivity index (χ4n) is 9.89. The SMILES string of the molecule is CC(C)(C)[C@H](NC(=O)[C@@H](N)CO)C(=O)N1C[C@@H](OCCO[C@H]2C[C@@H](C(=O)N[C@@H]3CCCc4ccccc43)N(C(=O)[C@@H](NC(=O)[C@@H](N)CO)C(C)(C)C)C2)C[C@H]1C(=O)N[C@@H]1CCCc2ccccc21. The smallest absolute Gasteiger partial charge is 0.246 e. The van der Waals surface area contributed by atoms with Crippen molar-refractivity contribution in [3.8, 4) is 0 Å². The van der Waals surface area contributed by atoms with Crippen molar-refractivity contribution in [2.75, 3.05) is 39.5 Å². The molecular formula is C50H74N8O10. The van der Waals surface area contributed by atoms with Gasteiger partial charge in [0.2, 0.25) is 35.4 Å². The Kier molecular flexibility index (Phi) is 17.4. The number of fused-ring (bicyclic) bond motifs is 2. The molecule has 0 bridgehead atoms. The van der Waals surface area contributed by atoms with Crippen molar-refractivity contribution in [3.05, 3.63) is 70.8 Å². The molecule has 0 saturated carbocycles. The van der Waals surface area contributed by atoms with Crippen LogP contribution in [0.4, 0.5) is 0 Å². The second kappa shape index (κ2) is 22.6. The summed E-state index contributed by atoms with van der Waals surface area (Å²) < 4.78 is 12.7. The topological polar surface area (TPSA) is 268 Å². The molecular weight excluding hydrogens is 873 g/mol. The van der Waals surface area contributed by atoms with E-state index in [1.54, 1.807) is 41.5 Å². The van der Waals surface area contributed by atoms with Crippen LogP contribution in [0, 0.1) is 10.8 Å². The van der Waals surface area contributed by atoms with Gasteiger partial charge in [-0.05, 0) is 71.6 Å². The van der Waals surface area contributed by atoms with Gasteiger partial charge in [-0.1, -0.05) is 90.1 Å². The summed E-state index contributed by atoms with van der Waals surface area (Å²) in [6.45, 7) is 9.75. The molecule has 18 heteroatoms. The number of nitrogens with two attached hydrogens (primary N) is 2. The zero-order valence-electron chi connectivity index (χ0n) is 40.5. The second-order valence-electron chi connectivity index (χ2n) is 21.0. The van der Waals surface area contributed by atoms with Crippen LogP contribution in [-0.2, 0) is 51.1 Å². The molecule has 2 aliphatic carbocycles. The normalized spacial score (nSPS) is 24.4. The largest absolute Gasteiger partial charge is 0.394 e. The first kappa shape index (κ1) is 52.4. The zero-order chi connectivity index (χ0) is 49.5. The molecule has 0 spiro atoms. The number of nitrogens with one attached hydrogen (secondary N) is 4. The highest BCUT2D eigenvalue weighted by Gasteiger charge is 2.48. The predicted octanol–water partition coefficient (Wildman–Crippen LogP) is 1.05. The molecule has 0 aromatic heterocycles. The number of benzene rings is 2. The molecule has 2 fully saturated rings. The molecule has 2 aromatic rings. The molecule has 2 heterocycles. The molecule has 2 aliphatic heterocycles. The second-order valence-corrected chi connectivity index (χ2v) is 21.0. The maximum absolute atomic E-state index is 14.5. The summed E-state index contributed by atoms with van der Waals surface area (Å²) in [5.74, 6) is -3.03. The average molecular weight is 947 g/mol. The zero-order valence-corrected chi connectivity index (χ0v) is 40.5. The molecule has 4 aliphatic rings. The first-order valence-corrected chi connectivity index (χ1v) is 24.2. The molecule has 0 unspecified atom stereocenters. The molecule has 10 atom stereocenters. The quantitative estimate of drug-likeness (QED) is 0.104. The van der Waals surface area contributed by atoms with Gasteiger partial charge in [-0.15, -0.1) is 0 Å². The van der Waals surface area contributed by atoms with E-state index in [1.165, 1.54) is 20.9 Å². The Morgan fingerprint density at radius 2 is 1.00 bits per heavy atom. The van der Waals surface area contributed by atoms with Crippen LogP contribution in [0.2, 0.25) is 0 Å². The summed E-state index contributed by atoms with van der Waals surface area (Å²) in [4.78, 5) is 86.4. The fraction of sp³-hybridized carbons (Fsp3) is 0.640. The molecule has 10 N–H and O–H groups in total. The minimum absolute atomic E-state index is 0.0464. The van der Waals surface area contributed by atoms with E-state index in [4.69, 9.17) is 20.9 Å². The van der Waals surface area contributed by atoms with Crippen LogP contribution in [0.5, 0.6) is 0 Å². The van der Waals surface area contributed by atoms with Crippen molar-refractivity contribution in [1.29, 1.82) is 0 Å². The highest BCUT2D eigenvalue weighted by atomic mass is 16.5. The monoisotopic (exact) mass is 947 g/mol. The Balaban J connectivity index is 1.16. The van der Waals surface area contributed by atoms with Crippen molar-refractivity contribution >= 4 is 35.4 Å². The molecule has 2 aromatic carbocycles. The van der Waals surface area contributed by atoms with E-state index in [2.05, 4.69) is 33.4 Å². The molecule has 374 valence electrons. The molecule has 0 radical (unpaired) electrons. The van der Waals surface area contributed by atoms with Gasteiger partial charge in [-0.3, -0.25) is 28.8 Å². The fourth-order valence-corrected chi connectivity index (χ4v) is 9.89. The Morgan fingerprint density at radius 3 is 1.35 bits per heavy atom. The van der Waals surface area contributed by atoms with Crippen molar-refractivity contribution in [2.45, 2.75) is 153 Å². The maximum Gasteiger partial charge on any atom is 0.246 e. The van der Waals surface area contributed by atoms with Crippen LogP contribution in [0.3, 0.4) is 0 Å². The number of carbonyl (C=O) groups excluding carboxylic acids is 6. The molecule has 18 nitrogen and oxygen atoms in total. The number of likely N-dealkylation sites (tertiary alicyclic amines) is 2. The third kappa shape index (κ3) is 12.6. The van der Waals surface area contributed by atoms with E-state index in [0.717, 1.165) is 49.7 Å². The lowest BCUT2D eigenvalue weighted by atomic mass is 9.85. The van der Waals surface area contributed by atoms with Gasteiger partial charge < -0.3 is 62.2 Å². The van der Waals surface area contributed by atoms with Gasteiger partial charge in [-0.25, -0.2) is 0 Å². The third-order valence-corrected chi connectivity index (χ3v) is 13.7. The van der Waals surface area contributed by atoms with Gasteiger partial charge in [0.1, 0.15) is 36.3 Å². The number of aryl methyl sites for hydroxylation is 2. The summed E-state index contributed by atoms with van der Waals surface area (Å²) in [6, 6.07) is 9.01. The van der Waals surface area contributed by atoms with Gasteiger partial charge in [0.25, 0.3) is 0 Å². The van der Waals surface area contributed by atoms with Crippen LogP contribution >= 0.6 is 0 Å². The number of carbonyl (C=O) groups is 6. The van der Waals surface area contributed by atoms with Crippen LogP contribution in [0.15, 0.2) is 48.5 Å². The summed E-state index contributed by atoms with van der Waals surface area (Å²) in [5.41, 5.74) is 14.5. The van der Waals surface area contributed by atoms with Crippen molar-refractivity contribution in [1.82, 2.24) is 31.1 Å². The highest BCUT2D eigenvalue weighted by Crippen LogP contribution is 2.34. The van der Waals surface area contributed by atoms with Gasteiger partial charge in [0, 0.05) is 25.9 Å². The number of aliphatic hydroxyl groups excluding tert-OH is 2. The van der Waals surface area contributed by atoms with E-state index in [0.29, 0.717) is 0 Å². The predicted molar refractivity (Wildman–Crippen MR) is 253 cm³/mol. The third-order valence-electron chi connectivity index (χ3n) is 13.7. The first-order chi connectivity index (χ1) is 32.2. The van der Waals surface area contributed by atoms with Crippen LogP contribution < -0.4 is 32.7 Å². The minimum Gasteiger partial charge on any atom is -0.394 e. The number of hydrogen-bond acceptors (Lipinski definition) is 12. The number of amides is 6. The lowest BCUT2D eigenvalue weighted by Crippen LogP contribution is -2.60. The van der Waals surface area contributed by atoms with Crippen LogP contribution in [-0.4, -0.2) is 143 Å². The van der Waals surface area contributed by atoms with Crippen LogP contribution in [0.25, 0.3) is 0 Å². The number of rotatable bonds is 17. The van der Waals surface area contributed by atoms with E-state index >= 15 is 0 Å². The Bertz CT molecular complexity index is 1980. The maximum atomic E-state index is 14.5. The van der Waals surface area contributed by atoms with E-state index in [9.17, 15) is 39.0 Å². The number of nitrogens with zero attached hydrogens (tertiary/aromatic N) is 2. The van der Waals surface area contributed by atoms with E-state index < -0.39 is 96.1 Å². The minimum atomic E-state index is -1.24. The van der Waals surface area contributed by atoms with Gasteiger partial charge in [0.05, 0.1) is 50.7 Å². The number of ether oxygens (including phenoxy) is 2. The van der Waals surface area contributed by atoms with Crippen LogP contribution in [0.1, 0.15) is 114 Å². The van der Waals surface area contributed by atoms with E-state index in [1.807, 2.05) is 36.4 Å². The Hall–Kier alpha value is -4.98. The summed E-state index contributed by atoms with van der Waals surface area (Å²) in [5, 5.41) is 31.0. The van der Waals surface area contributed by atoms with Gasteiger partial charge >= 0.3 is 0 Å². The van der Waals surface area contributed by atoms with Gasteiger partial charge in [0.15, 0.2) is 0 Å². The number of aliphatic hydroxyl groups is 2. The Labute approximate surface area is 400 Å². The average Bonchev–Trinajstić information content (AvgIpc) is 3.95. The molecule has 68 heavy (non-hydrogen) atoms. The molecule has 2 saturated heterocycles. The first-order valence-electron chi connectivity index (χ1n) is 24.2. The number of hydrogen-bond donors (Lipinski definition) is 8. The van der Waals surface area contributed by atoms with Crippen molar-refractivity contribution < 1.29 is 48.5 Å². The van der Waals surface area contributed by atoms with Crippen molar-refractivity contribution in [3.63, 3.8) is 0 Å². The van der Waals surface area contributed by atoms with E-state index in [-0.39, 0.29) is 63.0 Å². The highest BCUT2D eigenvalue weighted by molar-refractivity contribution is 5.95. The lowest BCUT2D eigenvalue weighted by Gasteiger charge is -2.36. The molecule has 6 amide bonds. The van der Waals surface area contributed by atoms with Gasteiger partial charge in [-0.2, -0.15) is 0 Å². The summed E-state index contributed by atoms with van der Waals surface area (Å²) in [6.07, 6.45) is 4.25. The molecule has 6 rings (SSSR count). The lowest BCUT2D eigenvalue weighted by molar-refractivity contribution is -0.144.